The summed E-state index contributed by atoms with van der Waals surface area (Å²) in [4.78, 5) is 27.3. The first kappa shape index (κ1) is 19.7. The van der Waals surface area contributed by atoms with Gasteiger partial charge in [0.05, 0.1) is 12.3 Å². The maximum absolute atomic E-state index is 14.5. The number of hydrogen-bond donors (Lipinski definition) is 1. The van der Waals surface area contributed by atoms with Crippen molar-refractivity contribution in [3.63, 3.8) is 0 Å². The molecule has 1 fully saturated rings. The zero-order chi connectivity index (χ0) is 20.3. The molecule has 1 aromatic heterocycles. The molecular weight excluding hydrogens is 365 g/mol. The molecule has 3 rings (SSSR count). The maximum atomic E-state index is 14.5. The lowest BCUT2D eigenvalue weighted by atomic mass is 10.2. The normalized spacial score (nSPS) is 14.1. The molecule has 150 valence electrons. The quantitative estimate of drug-likeness (QED) is 0.875. The molecule has 0 unspecified atom stereocenters. The van der Waals surface area contributed by atoms with Gasteiger partial charge in [-0.15, -0.1) is 0 Å². The summed E-state index contributed by atoms with van der Waals surface area (Å²) < 4.78 is 21.0. The molecule has 1 aliphatic heterocycles. The number of amides is 3. The van der Waals surface area contributed by atoms with Gasteiger partial charge in [-0.2, -0.15) is 5.10 Å². The highest BCUT2D eigenvalue weighted by Crippen LogP contribution is 2.20. The molecule has 1 aromatic carbocycles. The van der Waals surface area contributed by atoms with E-state index in [0.717, 1.165) is 11.4 Å². The van der Waals surface area contributed by atoms with Gasteiger partial charge in [-0.3, -0.25) is 0 Å². The van der Waals surface area contributed by atoms with Crippen LogP contribution in [0.5, 0.6) is 0 Å². The number of urea groups is 1. The SMILES string of the molecule is CCOC(=O)N1CCN(C(=O)Nc2ccc(-n3nc(C)cc3C)c(F)c2)CC1. The number of benzene rings is 1. The van der Waals surface area contributed by atoms with Gasteiger partial charge >= 0.3 is 12.1 Å². The molecule has 1 N–H and O–H groups in total. The van der Waals surface area contributed by atoms with Crippen LogP contribution in [0.1, 0.15) is 18.3 Å². The highest BCUT2D eigenvalue weighted by Gasteiger charge is 2.25. The molecular formula is C19H24FN5O3. The minimum atomic E-state index is -0.476. The molecule has 0 spiro atoms. The Morgan fingerprint density at radius 1 is 1.14 bits per heavy atom. The smallest absolute Gasteiger partial charge is 0.409 e. The van der Waals surface area contributed by atoms with Gasteiger partial charge in [-0.1, -0.05) is 0 Å². The molecule has 8 nitrogen and oxygen atoms in total. The number of rotatable bonds is 3. The van der Waals surface area contributed by atoms with Crippen LogP contribution in [-0.2, 0) is 4.74 Å². The van der Waals surface area contributed by atoms with Crippen molar-refractivity contribution in [1.82, 2.24) is 19.6 Å². The van der Waals surface area contributed by atoms with Crippen LogP contribution < -0.4 is 5.32 Å². The van der Waals surface area contributed by atoms with Crippen LogP contribution in [0.15, 0.2) is 24.3 Å². The minimum absolute atomic E-state index is 0.318. The van der Waals surface area contributed by atoms with Crippen molar-refractivity contribution in [3.8, 4) is 5.69 Å². The Labute approximate surface area is 162 Å². The first-order chi connectivity index (χ1) is 13.4. The standard InChI is InChI=1S/C19H24FN5O3/c1-4-28-19(27)24-9-7-23(8-10-24)18(26)21-15-5-6-17(16(20)12-15)25-14(3)11-13(2)22-25/h5-6,11-12H,4,7-10H2,1-3H3,(H,21,26). The molecule has 2 aromatic rings. The van der Waals surface area contributed by atoms with Gasteiger partial charge in [0.2, 0.25) is 0 Å². The van der Waals surface area contributed by atoms with E-state index in [1.807, 2.05) is 19.9 Å². The van der Waals surface area contributed by atoms with Crippen LogP contribution >= 0.6 is 0 Å². The molecule has 1 saturated heterocycles. The largest absolute Gasteiger partial charge is 0.450 e. The molecule has 9 heteroatoms. The minimum Gasteiger partial charge on any atom is -0.450 e. The summed E-state index contributed by atoms with van der Waals surface area (Å²) in [5.74, 6) is -0.476. The lowest BCUT2D eigenvalue weighted by Gasteiger charge is -2.34. The van der Waals surface area contributed by atoms with E-state index in [1.165, 1.54) is 10.7 Å². The Morgan fingerprint density at radius 2 is 1.82 bits per heavy atom. The van der Waals surface area contributed by atoms with Gasteiger partial charge in [0.15, 0.2) is 5.82 Å². The van der Waals surface area contributed by atoms with E-state index in [2.05, 4.69) is 10.4 Å². The Morgan fingerprint density at radius 3 is 2.39 bits per heavy atom. The number of nitrogens with zero attached hydrogens (tertiary/aromatic N) is 4. The number of piperazine rings is 1. The number of aryl methyl sites for hydroxylation is 2. The number of aromatic nitrogens is 2. The van der Waals surface area contributed by atoms with E-state index in [0.29, 0.717) is 44.2 Å². The molecule has 0 radical (unpaired) electrons. The van der Waals surface area contributed by atoms with Crippen LogP contribution in [0.2, 0.25) is 0 Å². The summed E-state index contributed by atoms with van der Waals surface area (Å²) in [6.45, 7) is 7.34. The number of carbonyl (C=O) groups is 2. The third kappa shape index (κ3) is 4.24. The van der Waals surface area contributed by atoms with Crippen LogP contribution in [-0.4, -0.2) is 64.5 Å². The first-order valence-electron chi connectivity index (χ1n) is 9.20. The lowest BCUT2D eigenvalue weighted by Crippen LogP contribution is -2.51. The molecule has 0 saturated carbocycles. The van der Waals surface area contributed by atoms with E-state index >= 15 is 0 Å². The predicted octanol–water partition coefficient (Wildman–Crippen LogP) is 2.93. The fourth-order valence-corrected chi connectivity index (χ4v) is 3.14. The maximum Gasteiger partial charge on any atom is 0.409 e. The van der Waals surface area contributed by atoms with Gasteiger partial charge < -0.3 is 19.9 Å². The van der Waals surface area contributed by atoms with Crippen molar-refractivity contribution < 1.29 is 18.7 Å². The van der Waals surface area contributed by atoms with Crippen LogP contribution in [0, 0.1) is 19.7 Å². The average molecular weight is 389 g/mol. The zero-order valence-corrected chi connectivity index (χ0v) is 16.2. The van der Waals surface area contributed by atoms with Crippen LogP contribution in [0.25, 0.3) is 5.69 Å². The van der Waals surface area contributed by atoms with E-state index < -0.39 is 5.82 Å². The number of hydrogen-bond acceptors (Lipinski definition) is 4. The Kier molecular flexibility index (Phi) is 5.81. The number of halogens is 1. The fraction of sp³-hybridized carbons (Fsp3) is 0.421. The summed E-state index contributed by atoms with van der Waals surface area (Å²) in [7, 11) is 0. The predicted molar refractivity (Wildman–Crippen MR) is 102 cm³/mol. The average Bonchev–Trinajstić information content (AvgIpc) is 3.00. The number of ether oxygens (including phenoxy) is 1. The molecule has 0 aliphatic carbocycles. The monoisotopic (exact) mass is 389 g/mol. The summed E-state index contributed by atoms with van der Waals surface area (Å²) in [6, 6.07) is 6.04. The van der Waals surface area contributed by atoms with Crippen molar-refractivity contribution in [2.24, 2.45) is 0 Å². The Bertz CT molecular complexity index is 874. The van der Waals surface area contributed by atoms with Crippen molar-refractivity contribution in [3.05, 3.63) is 41.5 Å². The third-order valence-electron chi connectivity index (χ3n) is 4.53. The second kappa shape index (κ2) is 8.28. The van der Waals surface area contributed by atoms with Crippen molar-refractivity contribution in [2.45, 2.75) is 20.8 Å². The first-order valence-corrected chi connectivity index (χ1v) is 9.20. The molecule has 3 amide bonds. The Hall–Kier alpha value is -3.10. The lowest BCUT2D eigenvalue weighted by molar-refractivity contribution is 0.0868. The van der Waals surface area contributed by atoms with Gasteiger partial charge in [0.1, 0.15) is 5.69 Å². The number of anilines is 1. The van der Waals surface area contributed by atoms with Crippen molar-refractivity contribution in [2.75, 3.05) is 38.1 Å². The van der Waals surface area contributed by atoms with E-state index in [1.54, 1.807) is 28.9 Å². The second-order valence-electron chi connectivity index (χ2n) is 6.61. The topological polar surface area (TPSA) is 79.7 Å². The van der Waals surface area contributed by atoms with Gasteiger partial charge in [0, 0.05) is 37.6 Å². The number of nitrogens with one attached hydrogen (secondary N) is 1. The summed E-state index contributed by atoms with van der Waals surface area (Å²) in [5.41, 5.74) is 2.32. The summed E-state index contributed by atoms with van der Waals surface area (Å²) in [6.07, 6.45) is -0.371. The zero-order valence-electron chi connectivity index (χ0n) is 16.2. The summed E-state index contributed by atoms with van der Waals surface area (Å²) in [5, 5.41) is 6.98. The summed E-state index contributed by atoms with van der Waals surface area (Å²) >= 11 is 0. The molecule has 0 bridgehead atoms. The van der Waals surface area contributed by atoms with Crippen molar-refractivity contribution >= 4 is 17.8 Å². The molecule has 28 heavy (non-hydrogen) atoms. The molecule has 0 atom stereocenters. The highest BCUT2D eigenvalue weighted by molar-refractivity contribution is 5.89. The van der Waals surface area contributed by atoms with E-state index in [4.69, 9.17) is 4.74 Å². The van der Waals surface area contributed by atoms with Crippen LogP contribution in [0.3, 0.4) is 0 Å². The number of carbonyl (C=O) groups excluding carboxylic acids is 2. The fourth-order valence-electron chi connectivity index (χ4n) is 3.14. The van der Waals surface area contributed by atoms with E-state index in [-0.39, 0.29) is 12.1 Å². The van der Waals surface area contributed by atoms with Crippen molar-refractivity contribution in [1.29, 1.82) is 0 Å². The third-order valence-corrected chi connectivity index (χ3v) is 4.53. The Balaban J connectivity index is 1.61. The van der Waals surface area contributed by atoms with Gasteiger partial charge in [0.25, 0.3) is 0 Å². The molecule has 2 heterocycles. The van der Waals surface area contributed by atoms with Gasteiger partial charge in [-0.05, 0) is 45.0 Å². The second-order valence-corrected chi connectivity index (χ2v) is 6.61. The van der Waals surface area contributed by atoms with Gasteiger partial charge in [-0.25, -0.2) is 18.7 Å². The van der Waals surface area contributed by atoms with Crippen LogP contribution in [0.4, 0.5) is 19.7 Å². The van der Waals surface area contributed by atoms with E-state index in [9.17, 15) is 14.0 Å². The highest BCUT2D eigenvalue weighted by atomic mass is 19.1. The molecule has 1 aliphatic rings.